The van der Waals surface area contributed by atoms with Crippen LogP contribution >= 0.6 is 15.9 Å². The Balaban J connectivity index is 2.15. The van der Waals surface area contributed by atoms with Crippen molar-refractivity contribution >= 4 is 21.7 Å². The summed E-state index contributed by atoms with van der Waals surface area (Å²) in [7, 11) is 0. The third kappa shape index (κ3) is 3.16. The predicted molar refractivity (Wildman–Crippen MR) is 93.0 cm³/mol. The van der Waals surface area contributed by atoms with Crippen molar-refractivity contribution < 1.29 is 4.79 Å². The van der Waals surface area contributed by atoms with E-state index in [9.17, 15) is 4.79 Å². The topological polar surface area (TPSA) is 20.3 Å². The second-order valence-electron chi connectivity index (χ2n) is 5.84. The van der Waals surface area contributed by atoms with Gasteiger partial charge in [-0.3, -0.25) is 9.69 Å². The summed E-state index contributed by atoms with van der Waals surface area (Å²) < 4.78 is 1.07. The molecule has 1 aliphatic heterocycles. The number of ketones is 1. The maximum absolute atomic E-state index is 12.3. The summed E-state index contributed by atoms with van der Waals surface area (Å²) in [6.07, 6.45) is 1.58. The van der Waals surface area contributed by atoms with Crippen molar-refractivity contribution in [2.24, 2.45) is 0 Å². The van der Waals surface area contributed by atoms with Crippen molar-refractivity contribution in [1.82, 2.24) is 4.90 Å². The molecular formula is C19H20BrNO. The first-order valence-electron chi connectivity index (χ1n) is 7.78. The number of rotatable bonds is 3. The molecule has 22 heavy (non-hydrogen) atoms. The number of hydrogen-bond donors (Lipinski definition) is 0. The Hall–Kier alpha value is -1.45. The van der Waals surface area contributed by atoms with Gasteiger partial charge in [0.05, 0.1) is 12.6 Å². The van der Waals surface area contributed by atoms with Gasteiger partial charge >= 0.3 is 0 Å². The van der Waals surface area contributed by atoms with Gasteiger partial charge < -0.3 is 0 Å². The highest BCUT2D eigenvalue weighted by molar-refractivity contribution is 9.10. The molecule has 3 rings (SSSR count). The zero-order valence-electron chi connectivity index (χ0n) is 12.8. The van der Waals surface area contributed by atoms with E-state index in [-0.39, 0.29) is 6.04 Å². The molecule has 2 aromatic rings. The minimum absolute atomic E-state index is 0.153. The summed E-state index contributed by atoms with van der Waals surface area (Å²) >= 11 is 3.59. The molecule has 0 aromatic heterocycles. The number of carbonyl (C=O) groups is 1. The Morgan fingerprint density at radius 2 is 1.95 bits per heavy atom. The fraction of sp³-hybridized carbons (Fsp3) is 0.316. The number of fused-ring (bicyclic) bond motifs is 1. The first-order valence-corrected chi connectivity index (χ1v) is 8.57. The molecule has 0 saturated carbocycles. The van der Waals surface area contributed by atoms with Crippen molar-refractivity contribution in [1.29, 1.82) is 0 Å². The van der Waals surface area contributed by atoms with Crippen LogP contribution in [0.3, 0.4) is 0 Å². The molecule has 0 N–H and O–H groups in total. The molecule has 114 valence electrons. The zero-order valence-corrected chi connectivity index (χ0v) is 14.3. The molecule has 2 aromatic carbocycles. The lowest BCUT2D eigenvalue weighted by molar-refractivity contribution is -0.119. The first kappa shape index (κ1) is 15.4. The first-order chi connectivity index (χ1) is 10.7. The summed E-state index contributed by atoms with van der Waals surface area (Å²) in [5.74, 6) is 0.301. The third-order valence-corrected chi connectivity index (χ3v) is 4.65. The van der Waals surface area contributed by atoms with E-state index >= 15 is 0 Å². The lowest BCUT2D eigenvalue weighted by Gasteiger charge is -2.30. The quantitative estimate of drug-likeness (QED) is 0.812. The molecule has 0 bridgehead atoms. The monoisotopic (exact) mass is 357 g/mol. The third-order valence-electron chi connectivity index (χ3n) is 4.16. The average Bonchev–Trinajstić information content (AvgIpc) is 2.64. The largest absolute Gasteiger partial charge is 0.298 e. The Kier molecular flexibility index (Phi) is 4.74. The molecule has 1 aliphatic rings. The van der Waals surface area contributed by atoms with Gasteiger partial charge in [-0.1, -0.05) is 59.3 Å². The van der Waals surface area contributed by atoms with E-state index in [2.05, 4.69) is 64.2 Å². The maximum atomic E-state index is 12.3. The highest BCUT2D eigenvalue weighted by Crippen LogP contribution is 2.35. The Morgan fingerprint density at radius 1 is 1.18 bits per heavy atom. The number of benzene rings is 2. The summed E-state index contributed by atoms with van der Waals surface area (Å²) in [5, 5.41) is 0. The fourth-order valence-electron chi connectivity index (χ4n) is 3.29. The van der Waals surface area contributed by atoms with Gasteiger partial charge in [0.2, 0.25) is 0 Å². The highest BCUT2D eigenvalue weighted by Gasteiger charge is 2.29. The van der Waals surface area contributed by atoms with Gasteiger partial charge in [-0.05, 0) is 41.8 Å². The van der Waals surface area contributed by atoms with Crippen LogP contribution in [0.2, 0.25) is 0 Å². The summed E-state index contributed by atoms with van der Waals surface area (Å²) in [6.45, 7) is 3.62. The molecule has 1 unspecified atom stereocenters. The molecule has 2 nitrogen and oxygen atoms in total. The molecular weight excluding hydrogens is 338 g/mol. The van der Waals surface area contributed by atoms with Crippen molar-refractivity contribution in [2.45, 2.75) is 25.8 Å². The summed E-state index contributed by atoms with van der Waals surface area (Å²) in [6, 6.07) is 17.0. The molecule has 0 amide bonds. The van der Waals surface area contributed by atoms with Gasteiger partial charge in [0, 0.05) is 10.9 Å². The molecule has 3 heteroatoms. The van der Waals surface area contributed by atoms with Crippen LogP contribution in [-0.4, -0.2) is 23.8 Å². The van der Waals surface area contributed by atoms with Gasteiger partial charge in [0.15, 0.2) is 5.78 Å². The second-order valence-corrected chi connectivity index (χ2v) is 6.76. The van der Waals surface area contributed by atoms with Crippen LogP contribution < -0.4 is 0 Å². The van der Waals surface area contributed by atoms with Crippen LogP contribution in [0.25, 0.3) is 0 Å². The lowest BCUT2D eigenvalue weighted by Crippen LogP contribution is -2.33. The molecule has 0 aliphatic carbocycles. The van der Waals surface area contributed by atoms with E-state index in [0.717, 1.165) is 23.0 Å². The van der Waals surface area contributed by atoms with Crippen molar-refractivity contribution in [2.75, 3.05) is 13.1 Å². The number of carbonyl (C=O) groups excluding carboxylic acids is 1. The van der Waals surface area contributed by atoms with E-state index in [1.807, 2.05) is 12.1 Å². The van der Waals surface area contributed by atoms with Crippen molar-refractivity contribution in [3.63, 3.8) is 0 Å². The highest BCUT2D eigenvalue weighted by atomic mass is 79.9. The number of nitrogens with zero attached hydrogens (tertiary/aromatic N) is 1. The van der Waals surface area contributed by atoms with E-state index in [1.165, 1.54) is 11.1 Å². The summed E-state index contributed by atoms with van der Waals surface area (Å²) in [4.78, 5) is 14.7. The molecule has 0 fully saturated rings. The molecule has 1 heterocycles. The fourth-order valence-corrected chi connectivity index (χ4v) is 3.66. The van der Waals surface area contributed by atoms with E-state index in [0.29, 0.717) is 18.7 Å². The SMILES string of the molecule is CCCN1CC(=O)Cc2ccc(Br)cc2C1c1ccccc1. The van der Waals surface area contributed by atoms with Gasteiger partial charge in [0.1, 0.15) is 0 Å². The van der Waals surface area contributed by atoms with Crippen LogP contribution in [0.1, 0.15) is 36.1 Å². The average molecular weight is 358 g/mol. The van der Waals surface area contributed by atoms with E-state index < -0.39 is 0 Å². The zero-order chi connectivity index (χ0) is 15.5. The van der Waals surface area contributed by atoms with Crippen LogP contribution in [0, 0.1) is 0 Å². The van der Waals surface area contributed by atoms with Crippen LogP contribution in [0.4, 0.5) is 0 Å². The van der Waals surface area contributed by atoms with Crippen molar-refractivity contribution in [3.8, 4) is 0 Å². The van der Waals surface area contributed by atoms with Gasteiger partial charge in [-0.15, -0.1) is 0 Å². The number of hydrogen-bond acceptors (Lipinski definition) is 2. The molecule has 0 saturated heterocycles. The molecule has 1 atom stereocenters. The lowest BCUT2D eigenvalue weighted by atomic mass is 9.93. The van der Waals surface area contributed by atoms with Gasteiger partial charge in [-0.2, -0.15) is 0 Å². The van der Waals surface area contributed by atoms with E-state index in [1.54, 1.807) is 0 Å². The van der Waals surface area contributed by atoms with Gasteiger partial charge in [-0.25, -0.2) is 0 Å². The molecule has 0 radical (unpaired) electrons. The van der Waals surface area contributed by atoms with Crippen LogP contribution in [0.5, 0.6) is 0 Å². The smallest absolute Gasteiger partial charge is 0.151 e. The Morgan fingerprint density at radius 3 is 2.68 bits per heavy atom. The van der Waals surface area contributed by atoms with Crippen molar-refractivity contribution in [3.05, 3.63) is 69.7 Å². The normalized spacial score (nSPS) is 18.8. The Bertz CT molecular complexity index is 668. The summed E-state index contributed by atoms with van der Waals surface area (Å²) in [5.41, 5.74) is 3.66. The minimum atomic E-state index is 0.153. The predicted octanol–water partition coefficient (Wildman–Crippen LogP) is 4.38. The maximum Gasteiger partial charge on any atom is 0.151 e. The Labute approximate surface area is 140 Å². The minimum Gasteiger partial charge on any atom is -0.298 e. The standard InChI is InChI=1S/C19H20BrNO/c1-2-10-21-13-17(22)11-15-8-9-16(20)12-18(15)19(21)14-6-4-3-5-7-14/h3-9,12,19H,2,10-11,13H2,1H3. The second kappa shape index (κ2) is 6.76. The van der Waals surface area contributed by atoms with Gasteiger partial charge in [0.25, 0.3) is 0 Å². The van der Waals surface area contributed by atoms with Crippen LogP contribution in [-0.2, 0) is 11.2 Å². The number of Topliss-reactive ketones (excluding diaryl/α,β-unsaturated/α-hetero) is 1. The van der Waals surface area contributed by atoms with E-state index in [4.69, 9.17) is 0 Å². The van der Waals surface area contributed by atoms with Crippen LogP contribution in [0.15, 0.2) is 53.0 Å². The molecule has 0 spiro atoms. The number of halogens is 1.